The van der Waals surface area contributed by atoms with Crippen LogP contribution in [0, 0.1) is 0 Å². The van der Waals surface area contributed by atoms with Crippen molar-refractivity contribution in [2.45, 2.75) is 185 Å². The average Bonchev–Trinajstić information content (AvgIpc) is 3.23. The maximum absolute atomic E-state index is 12.9. The van der Waals surface area contributed by atoms with Gasteiger partial charge in [-0.25, -0.2) is 0 Å². The van der Waals surface area contributed by atoms with Gasteiger partial charge in [-0.3, -0.25) is 4.79 Å². The Morgan fingerprint density at radius 1 is 0.593 bits per heavy atom. The largest absolute Gasteiger partial charge is 0.394 e. The minimum atomic E-state index is -1.59. The molecule has 9 nitrogen and oxygen atoms in total. The van der Waals surface area contributed by atoms with Crippen molar-refractivity contribution in [1.82, 2.24) is 5.32 Å². The van der Waals surface area contributed by atoms with Crippen LogP contribution in [0.1, 0.15) is 142 Å². The zero-order chi connectivity index (χ0) is 43.0. The fourth-order valence-corrected chi connectivity index (χ4v) is 6.19. The van der Waals surface area contributed by atoms with Crippen molar-refractivity contribution in [2.24, 2.45) is 0 Å². The Morgan fingerprint density at radius 3 is 1.61 bits per heavy atom. The monoisotopic (exact) mass is 824 g/mol. The third kappa shape index (κ3) is 29.7. The molecule has 334 valence electrons. The SMILES string of the molecule is CC/C=C\C/C=C\C/C=C\C/C=C\C/C=C\C/C=C\CCCCCCC(=O)NC(COC1OC(CO)C(O)C(O)C1O)C(O)/C=C/CC/C=C/CC/C=C/CCCCC. The number of amides is 1. The first-order valence-electron chi connectivity index (χ1n) is 22.6. The van der Waals surface area contributed by atoms with Crippen LogP contribution < -0.4 is 5.32 Å². The van der Waals surface area contributed by atoms with Crippen LogP contribution in [0.25, 0.3) is 0 Å². The molecule has 7 unspecified atom stereocenters. The highest BCUT2D eigenvalue weighted by Crippen LogP contribution is 2.22. The first-order valence-corrected chi connectivity index (χ1v) is 22.6. The van der Waals surface area contributed by atoms with E-state index in [0.29, 0.717) is 19.3 Å². The maximum Gasteiger partial charge on any atom is 0.220 e. The van der Waals surface area contributed by atoms with Crippen LogP contribution in [0.4, 0.5) is 0 Å². The number of carbonyl (C=O) groups excluding carboxylic acids is 1. The summed E-state index contributed by atoms with van der Waals surface area (Å²) in [7, 11) is 0. The standard InChI is InChI=1S/C50H81NO8/c1-3-5-7-9-11-13-15-17-18-19-20-21-22-23-24-25-26-28-30-32-34-36-38-40-46(54)51-43(42-58-50-49(57)48(56)47(55)45(41-52)59-50)44(53)39-37-35-33-31-29-27-16-14-12-10-8-6-4-2/h5,7,11-14,17-18,20-21,23-24,26,28-29,31,37,39,43-45,47-50,52-53,55-57H,3-4,6,8-10,15-16,19,22,25,27,30,32-36,38,40-42H2,1-2H3,(H,51,54)/b7-5-,13-11-,14-12+,18-17-,21-20-,24-23-,28-26-,31-29+,39-37+. The number of hydrogen-bond donors (Lipinski definition) is 6. The van der Waals surface area contributed by atoms with Gasteiger partial charge in [-0.05, 0) is 96.3 Å². The molecule has 0 aliphatic carbocycles. The summed E-state index contributed by atoms with van der Waals surface area (Å²) < 4.78 is 11.2. The molecule has 1 fully saturated rings. The van der Waals surface area contributed by atoms with Gasteiger partial charge in [0.15, 0.2) is 6.29 Å². The van der Waals surface area contributed by atoms with Crippen LogP contribution in [0.2, 0.25) is 0 Å². The summed E-state index contributed by atoms with van der Waals surface area (Å²) in [6.45, 7) is 3.55. The van der Waals surface area contributed by atoms with E-state index in [-0.39, 0.29) is 12.5 Å². The average molecular weight is 824 g/mol. The Bertz CT molecular complexity index is 1280. The summed E-state index contributed by atoms with van der Waals surface area (Å²) in [6, 6.07) is -0.848. The van der Waals surface area contributed by atoms with Crippen molar-refractivity contribution in [2.75, 3.05) is 13.2 Å². The van der Waals surface area contributed by atoms with Gasteiger partial charge in [0, 0.05) is 6.42 Å². The first kappa shape index (κ1) is 53.9. The molecule has 1 aliphatic heterocycles. The van der Waals surface area contributed by atoms with Crippen molar-refractivity contribution >= 4 is 5.91 Å². The molecule has 0 aromatic rings. The van der Waals surface area contributed by atoms with Crippen LogP contribution in [0.15, 0.2) is 109 Å². The molecular weight excluding hydrogens is 743 g/mol. The quantitative estimate of drug-likeness (QED) is 0.0274. The fraction of sp³-hybridized carbons (Fsp3) is 0.620. The topological polar surface area (TPSA) is 149 Å². The van der Waals surface area contributed by atoms with E-state index in [2.05, 4.69) is 116 Å². The van der Waals surface area contributed by atoms with Gasteiger partial charge in [-0.1, -0.05) is 149 Å². The Hall–Kier alpha value is -3.15. The van der Waals surface area contributed by atoms with E-state index in [0.717, 1.165) is 89.9 Å². The summed E-state index contributed by atoms with van der Waals surface area (Å²) in [6.07, 6.45) is 49.8. The third-order valence-corrected chi connectivity index (χ3v) is 9.81. The molecule has 1 amide bonds. The molecule has 1 aliphatic rings. The number of aliphatic hydroxyl groups is 5. The van der Waals surface area contributed by atoms with E-state index in [4.69, 9.17) is 9.47 Å². The summed E-state index contributed by atoms with van der Waals surface area (Å²) >= 11 is 0. The first-order chi connectivity index (χ1) is 28.8. The number of aliphatic hydroxyl groups excluding tert-OH is 5. The minimum Gasteiger partial charge on any atom is -0.394 e. The molecule has 0 radical (unpaired) electrons. The Morgan fingerprint density at radius 2 is 1.07 bits per heavy atom. The highest BCUT2D eigenvalue weighted by Gasteiger charge is 2.44. The molecule has 1 heterocycles. The second-order valence-corrected chi connectivity index (χ2v) is 15.1. The molecular formula is C50H81NO8. The number of hydrogen-bond acceptors (Lipinski definition) is 8. The Kier molecular flexibility index (Phi) is 35.6. The van der Waals surface area contributed by atoms with E-state index in [1.165, 1.54) is 19.3 Å². The highest BCUT2D eigenvalue weighted by atomic mass is 16.7. The molecule has 59 heavy (non-hydrogen) atoms. The van der Waals surface area contributed by atoms with Crippen molar-refractivity contribution in [1.29, 1.82) is 0 Å². The van der Waals surface area contributed by atoms with Crippen LogP contribution >= 0.6 is 0 Å². The van der Waals surface area contributed by atoms with Crippen molar-refractivity contribution in [3.8, 4) is 0 Å². The Labute approximate surface area is 357 Å². The van der Waals surface area contributed by atoms with Gasteiger partial charge < -0.3 is 40.3 Å². The molecule has 1 saturated heterocycles. The fourth-order valence-electron chi connectivity index (χ4n) is 6.19. The van der Waals surface area contributed by atoms with E-state index in [9.17, 15) is 30.3 Å². The molecule has 7 atom stereocenters. The Balaban J connectivity index is 2.40. The zero-order valence-electron chi connectivity index (χ0n) is 36.5. The number of carbonyl (C=O) groups is 1. The summed E-state index contributed by atoms with van der Waals surface area (Å²) in [4.78, 5) is 12.9. The van der Waals surface area contributed by atoms with E-state index >= 15 is 0 Å². The van der Waals surface area contributed by atoms with Gasteiger partial charge in [0.25, 0.3) is 0 Å². The van der Waals surface area contributed by atoms with Gasteiger partial charge in [0.1, 0.15) is 24.4 Å². The predicted octanol–water partition coefficient (Wildman–Crippen LogP) is 9.50. The van der Waals surface area contributed by atoms with Crippen LogP contribution in [-0.2, 0) is 14.3 Å². The molecule has 1 rings (SSSR count). The maximum atomic E-state index is 12.9. The van der Waals surface area contributed by atoms with Gasteiger partial charge in [0.2, 0.25) is 5.91 Å². The van der Waals surface area contributed by atoms with E-state index in [1.54, 1.807) is 6.08 Å². The van der Waals surface area contributed by atoms with Crippen molar-refractivity contribution in [3.05, 3.63) is 109 Å². The minimum absolute atomic E-state index is 0.223. The molecule has 6 N–H and O–H groups in total. The lowest BCUT2D eigenvalue weighted by molar-refractivity contribution is -0.302. The molecule has 0 saturated carbocycles. The van der Waals surface area contributed by atoms with Crippen molar-refractivity contribution in [3.63, 3.8) is 0 Å². The second-order valence-electron chi connectivity index (χ2n) is 15.1. The summed E-state index contributed by atoms with van der Waals surface area (Å²) in [5.74, 6) is -0.223. The van der Waals surface area contributed by atoms with Crippen LogP contribution in [0.3, 0.4) is 0 Å². The van der Waals surface area contributed by atoms with Gasteiger partial charge in [-0.2, -0.15) is 0 Å². The van der Waals surface area contributed by atoms with Gasteiger partial charge in [0.05, 0.1) is 25.4 Å². The van der Waals surface area contributed by atoms with Gasteiger partial charge >= 0.3 is 0 Å². The summed E-state index contributed by atoms with van der Waals surface area (Å²) in [5, 5.41) is 54.1. The second kappa shape index (κ2) is 39.0. The van der Waals surface area contributed by atoms with E-state index in [1.807, 2.05) is 6.08 Å². The normalized spacial score (nSPS) is 21.8. The molecule has 0 bridgehead atoms. The summed E-state index contributed by atoms with van der Waals surface area (Å²) in [5.41, 5.74) is 0. The number of rotatable bonds is 35. The number of allylic oxidation sites excluding steroid dienone is 17. The third-order valence-electron chi connectivity index (χ3n) is 9.81. The molecule has 0 spiro atoms. The number of unbranched alkanes of at least 4 members (excludes halogenated alkanes) is 9. The molecule has 0 aromatic heterocycles. The lowest BCUT2D eigenvalue weighted by Crippen LogP contribution is -2.60. The zero-order valence-corrected chi connectivity index (χ0v) is 36.5. The molecule has 9 heteroatoms. The highest BCUT2D eigenvalue weighted by molar-refractivity contribution is 5.76. The van der Waals surface area contributed by atoms with Crippen LogP contribution in [0.5, 0.6) is 0 Å². The number of ether oxygens (including phenoxy) is 2. The van der Waals surface area contributed by atoms with Gasteiger partial charge in [-0.15, -0.1) is 0 Å². The van der Waals surface area contributed by atoms with Crippen LogP contribution in [-0.4, -0.2) is 87.5 Å². The van der Waals surface area contributed by atoms with E-state index < -0.39 is 49.5 Å². The van der Waals surface area contributed by atoms with Crippen molar-refractivity contribution < 1.29 is 39.8 Å². The lowest BCUT2D eigenvalue weighted by Gasteiger charge is -2.40. The predicted molar refractivity (Wildman–Crippen MR) is 244 cm³/mol. The molecule has 0 aromatic carbocycles. The smallest absolute Gasteiger partial charge is 0.220 e. The lowest BCUT2D eigenvalue weighted by atomic mass is 9.99. The number of nitrogens with one attached hydrogen (secondary N) is 1.